The van der Waals surface area contributed by atoms with Crippen LogP contribution in [-0.2, 0) is 14.3 Å². The molecule has 1 aromatic heterocycles. The van der Waals surface area contributed by atoms with Crippen molar-refractivity contribution in [2.24, 2.45) is 5.92 Å². The zero-order chi connectivity index (χ0) is 23.9. The second kappa shape index (κ2) is 10.7. The second-order valence-corrected chi connectivity index (χ2v) is 8.01. The highest BCUT2D eigenvalue weighted by Crippen LogP contribution is 2.26. The normalized spacial score (nSPS) is 16.4. The third kappa shape index (κ3) is 5.46. The van der Waals surface area contributed by atoms with E-state index in [4.69, 9.17) is 13.9 Å². The number of carbonyl (C=O) groups is 3. The van der Waals surface area contributed by atoms with Crippen molar-refractivity contribution in [3.8, 4) is 5.75 Å². The van der Waals surface area contributed by atoms with Crippen molar-refractivity contribution >= 4 is 23.5 Å². The highest BCUT2D eigenvalue weighted by molar-refractivity contribution is 5.96. The van der Waals surface area contributed by atoms with Gasteiger partial charge in [-0.1, -0.05) is 30.3 Å². The van der Waals surface area contributed by atoms with E-state index < -0.39 is 23.9 Å². The summed E-state index contributed by atoms with van der Waals surface area (Å²) in [6.07, 6.45) is 1.53. The van der Waals surface area contributed by atoms with Crippen LogP contribution in [0.15, 0.2) is 77.4 Å². The lowest BCUT2D eigenvalue weighted by molar-refractivity contribution is -0.160. The lowest BCUT2D eigenvalue weighted by Crippen LogP contribution is -2.43. The number of rotatable bonds is 7. The van der Waals surface area contributed by atoms with Gasteiger partial charge >= 0.3 is 5.97 Å². The zero-order valence-corrected chi connectivity index (χ0v) is 18.8. The predicted molar refractivity (Wildman–Crippen MR) is 124 cm³/mol. The Labute approximate surface area is 197 Å². The van der Waals surface area contributed by atoms with Gasteiger partial charge in [-0.3, -0.25) is 14.4 Å². The SMILES string of the molecule is COc1ccc(NC(=O)C(OC(=O)C2CCCN(C(=O)c3ccco3)C2)c2ccccc2)cc1. The van der Waals surface area contributed by atoms with Crippen LogP contribution in [0.4, 0.5) is 5.69 Å². The average Bonchev–Trinajstić information content (AvgIpc) is 3.43. The van der Waals surface area contributed by atoms with E-state index in [-0.39, 0.29) is 18.2 Å². The number of amides is 2. The number of likely N-dealkylation sites (tertiary alicyclic amines) is 1. The van der Waals surface area contributed by atoms with E-state index in [1.165, 1.54) is 6.26 Å². The molecule has 34 heavy (non-hydrogen) atoms. The van der Waals surface area contributed by atoms with Gasteiger partial charge in [-0.05, 0) is 49.2 Å². The van der Waals surface area contributed by atoms with Crippen molar-refractivity contribution in [3.05, 3.63) is 84.3 Å². The first-order chi connectivity index (χ1) is 16.5. The van der Waals surface area contributed by atoms with Crippen LogP contribution >= 0.6 is 0 Å². The van der Waals surface area contributed by atoms with Gasteiger partial charge in [0.2, 0.25) is 6.10 Å². The number of hydrogen-bond donors (Lipinski definition) is 1. The summed E-state index contributed by atoms with van der Waals surface area (Å²) in [6, 6.07) is 19.0. The Bertz CT molecular complexity index is 1110. The molecule has 4 rings (SSSR count). The Hall–Kier alpha value is -4.07. The Balaban J connectivity index is 1.46. The van der Waals surface area contributed by atoms with Crippen LogP contribution in [0.5, 0.6) is 5.75 Å². The molecule has 2 unspecified atom stereocenters. The minimum atomic E-state index is -1.13. The molecule has 8 nitrogen and oxygen atoms in total. The number of nitrogens with zero attached hydrogens (tertiary/aromatic N) is 1. The summed E-state index contributed by atoms with van der Waals surface area (Å²) >= 11 is 0. The molecule has 1 N–H and O–H groups in total. The molecule has 0 spiro atoms. The molecule has 1 saturated heterocycles. The molecule has 0 radical (unpaired) electrons. The first-order valence-electron chi connectivity index (χ1n) is 11.1. The average molecular weight is 463 g/mol. The molecular formula is C26H26N2O6. The zero-order valence-electron chi connectivity index (χ0n) is 18.8. The molecular weight excluding hydrogens is 436 g/mol. The predicted octanol–water partition coefficient (Wildman–Crippen LogP) is 4.06. The van der Waals surface area contributed by atoms with Crippen LogP contribution in [0.25, 0.3) is 0 Å². The maximum Gasteiger partial charge on any atom is 0.311 e. The fourth-order valence-corrected chi connectivity index (χ4v) is 3.91. The van der Waals surface area contributed by atoms with E-state index in [0.717, 1.165) is 0 Å². The first kappa shape index (κ1) is 23.1. The van der Waals surface area contributed by atoms with Gasteiger partial charge in [0.1, 0.15) is 5.75 Å². The molecule has 8 heteroatoms. The molecule has 3 aromatic rings. The number of ether oxygens (including phenoxy) is 2. The van der Waals surface area contributed by atoms with Crippen LogP contribution in [0, 0.1) is 5.92 Å². The molecule has 1 aliphatic rings. The summed E-state index contributed by atoms with van der Waals surface area (Å²) in [5, 5.41) is 2.80. The maximum absolute atomic E-state index is 13.1. The first-order valence-corrected chi connectivity index (χ1v) is 11.1. The fraction of sp³-hybridized carbons (Fsp3) is 0.269. The van der Waals surface area contributed by atoms with Crippen LogP contribution in [-0.4, -0.2) is 42.9 Å². The molecule has 176 valence electrons. The molecule has 0 bridgehead atoms. The summed E-state index contributed by atoms with van der Waals surface area (Å²) < 4.78 is 16.1. The maximum atomic E-state index is 13.1. The van der Waals surface area contributed by atoms with Crippen LogP contribution in [0.2, 0.25) is 0 Å². The van der Waals surface area contributed by atoms with Crippen LogP contribution in [0.3, 0.4) is 0 Å². The topological polar surface area (TPSA) is 98.1 Å². The number of anilines is 1. The van der Waals surface area contributed by atoms with Gasteiger partial charge in [0.25, 0.3) is 11.8 Å². The molecule has 0 saturated carbocycles. The number of methoxy groups -OCH3 is 1. The highest BCUT2D eigenvalue weighted by atomic mass is 16.5. The molecule has 0 aliphatic carbocycles. The Morgan fingerprint density at radius 2 is 1.79 bits per heavy atom. The minimum Gasteiger partial charge on any atom is -0.497 e. The molecule has 1 aliphatic heterocycles. The van der Waals surface area contributed by atoms with E-state index >= 15 is 0 Å². The third-order valence-electron chi connectivity index (χ3n) is 5.71. The van der Waals surface area contributed by atoms with E-state index in [9.17, 15) is 14.4 Å². The van der Waals surface area contributed by atoms with Crippen molar-refractivity contribution in [3.63, 3.8) is 0 Å². The van der Waals surface area contributed by atoms with Crippen LogP contribution in [0.1, 0.15) is 35.1 Å². The van der Waals surface area contributed by atoms with Gasteiger partial charge in [0, 0.05) is 24.3 Å². The number of hydrogen-bond acceptors (Lipinski definition) is 6. The van der Waals surface area contributed by atoms with Crippen molar-refractivity contribution in [1.29, 1.82) is 0 Å². The number of furan rings is 1. The second-order valence-electron chi connectivity index (χ2n) is 8.01. The van der Waals surface area contributed by atoms with Crippen molar-refractivity contribution in [2.45, 2.75) is 18.9 Å². The third-order valence-corrected chi connectivity index (χ3v) is 5.71. The van der Waals surface area contributed by atoms with Crippen molar-refractivity contribution in [1.82, 2.24) is 4.90 Å². The molecule has 2 amide bonds. The molecule has 2 atom stereocenters. The Morgan fingerprint density at radius 1 is 1.03 bits per heavy atom. The van der Waals surface area contributed by atoms with E-state index in [2.05, 4.69) is 5.32 Å². The van der Waals surface area contributed by atoms with Gasteiger partial charge in [-0.25, -0.2) is 0 Å². The summed E-state index contributed by atoms with van der Waals surface area (Å²) in [5.74, 6) is -0.892. The summed E-state index contributed by atoms with van der Waals surface area (Å²) in [4.78, 5) is 40.4. The Morgan fingerprint density at radius 3 is 2.47 bits per heavy atom. The number of benzene rings is 2. The van der Waals surface area contributed by atoms with Gasteiger partial charge in [0.15, 0.2) is 5.76 Å². The lowest BCUT2D eigenvalue weighted by atomic mass is 9.97. The smallest absolute Gasteiger partial charge is 0.311 e. The number of carbonyl (C=O) groups excluding carboxylic acids is 3. The summed E-state index contributed by atoms with van der Waals surface area (Å²) in [7, 11) is 1.56. The molecule has 2 aromatic carbocycles. The number of nitrogens with one attached hydrogen (secondary N) is 1. The Kier molecular flexibility index (Phi) is 7.27. The fourth-order valence-electron chi connectivity index (χ4n) is 3.91. The minimum absolute atomic E-state index is 0.208. The van der Waals surface area contributed by atoms with Crippen LogP contribution < -0.4 is 10.1 Å². The van der Waals surface area contributed by atoms with E-state index in [1.54, 1.807) is 72.7 Å². The number of esters is 1. The largest absolute Gasteiger partial charge is 0.497 e. The highest BCUT2D eigenvalue weighted by Gasteiger charge is 2.34. The van der Waals surface area contributed by atoms with Crippen molar-refractivity contribution in [2.75, 3.05) is 25.5 Å². The van der Waals surface area contributed by atoms with Gasteiger partial charge in [0.05, 0.1) is 19.3 Å². The van der Waals surface area contributed by atoms with Gasteiger partial charge in [-0.15, -0.1) is 0 Å². The summed E-state index contributed by atoms with van der Waals surface area (Å²) in [6.45, 7) is 0.739. The van der Waals surface area contributed by atoms with Crippen molar-refractivity contribution < 1.29 is 28.3 Å². The van der Waals surface area contributed by atoms with Gasteiger partial charge < -0.3 is 24.1 Å². The standard InChI is InChI=1S/C26H26N2O6/c1-32-21-13-11-20(12-14-21)27-24(29)23(18-7-3-2-4-8-18)34-26(31)19-9-5-15-28(17-19)25(30)22-10-6-16-33-22/h2-4,6-8,10-14,16,19,23H,5,9,15,17H2,1H3,(H,27,29). The van der Waals surface area contributed by atoms with Gasteiger partial charge in [-0.2, -0.15) is 0 Å². The quantitative estimate of drug-likeness (QED) is 0.532. The molecule has 2 heterocycles. The molecule has 1 fully saturated rings. The monoisotopic (exact) mass is 462 g/mol. The summed E-state index contributed by atoms with van der Waals surface area (Å²) in [5.41, 5.74) is 1.11. The lowest BCUT2D eigenvalue weighted by Gasteiger charge is -2.31. The van der Waals surface area contributed by atoms with E-state index in [0.29, 0.717) is 36.4 Å². The number of piperidine rings is 1. The van der Waals surface area contributed by atoms with E-state index in [1.807, 2.05) is 6.07 Å².